The third-order valence-electron chi connectivity index (χ3n) is 1.01. The quantitative estimate of drug-likeness (QED) is 0.472. The van der Waals surface area contributed by atoms with Crippen LogP contribution >= 0.6 is 0 Å². The average molecular weight is 179 g/mol. The second-order valence-corrected chi connectivity index (χ2v) is 2.82. The van der Waals surface area contributed by atoms with Crippen molar-refractivity contribution in [1.29, 1.82) is 0 Å². The Morgan fingerprint density at radius 1 is 1.18 bits per heavy atom. The van der Waals surface area contributed by atoms with E-state index in [9.17, 15) is 4.21 Å². The largest absolute Gasteiger partial charge is 2.00 e. The SMILES string of the molecule is [CH2-]S(=O)c1ccccc1.[CH3-].[Mg+2]. The fraction of sp³-hybridized carbons (Fsp3) is 0. The van der Waals surface area contributed by atoms with Crippen molar-refractivity contribution in [3.05, 3.63) is 44.0 Å². The van der Waals surface area contributed by atoms with Gasteiger partial charge in [-0.05, 0) is 12.1 Å². The first-order valence-corrected chi connectivity index (χ1v) is 3.89. The summed E-state index contributed by atoms with van der Waals surface area (Å²) in [6.45, 7) is 0. The molecule has 1 rings (SSSR count). The van der Waals surface area contributed by atoms with Gasteiger partial charge in [-0.1, -0.05) is 18.2 Å². The first-order chi connectivity index (χ1) is 4.30. The summed E-state index contributed by atoms with van der Waals surface area (Å²) in [5.74, 6) is 0. The van der Waals surface area contributed by atoms with E-state index in [0.717, 1.165) is 4.90 Å². The van der Waals surface area contributed by atoms with Gasteiger partial charge >= 0.3 is 23.1 Å². The molecule has 0 fully saturated rings. The minimum atomic E-state index is -1.08. The maximum atomic E-state index is 10.6. The van der Waals surface area contributed by atoms with E-state index in [1.807, 2.05) is 18.2 Å². The minimum absolute atomic E-state index is 0. The number of hydrogen-bond acceptors (Lipinski definition) is 1. The fourth-order valence-corrected chi connectivity index (χ4v) is 1.03. The van der Waals surface area contributed by atoms with Gasteiger partial charge in [-0.2, -0.15) is 0 Å². The van der Waals surface area contributed by atoms with Gasteiger partial charge in [0.1, 0.15) is 0 Å². The van der Waals surface area contributed by atoms with Crippen molar-refractivity contribution in [2.24, 2.45) is 0 Å². The van der Waals surface area contributed by atoms with Crippen LogP contribution in [0.3, 0.4) is 0 Å². The molecule has 56 valence electrons. The summed E-state index contributed by atoms with van der Waals surface area (Å²) in [5, 5.41) is 0. The number of hydrogen-bond donors (Lipinski definition) is 0. The van der Waals surface area contributed by atoms with E-state index in [2.05, 4.69) is 6.26 Å². The van der Waals surface area contributed by atoms with Crippen LogP contribution in [0.5, 0.6) is 0 Å². The molecule has 0 heterocycles. The van der Waals surface area contributed by atoms with Gasteiger partial charge in [-0.15, -0.1) is 10.8 Å². The topological polar surface area (TPSA) is 17.1 Å². The second-order valence-electron chi connectivity index (χ2n) is 1.66. The van der Waals surface area contributed by atoms with Crippen molar-refractivity contribution in [3.63, 3.8) is 0 Å². The van der Waals surface area contributed by atoms with Gasteiger partial charge in [0.2, 0.25) is 0 Å². The molecule has 0 spiro atoms. The smallest absolute Gasteiger partial charge is 0.358 e. The standard InChI is InChI=1S/C7H7OS.CH3.Mg/c1-9(8)7-5-3-2-4-6-7;;/h2-6H,1H2;1H3;/q2*-1;+2. The van der Waals surface area contributed by atoms with Gasteiger partial charge in [0.05, 0.1) is 0 Å². The van der Waals surface area contributed by atoms with Gasteiger partial charge in [0.25, 0.3) is 0 Å². The molecule has 0 aliphatic rings. The first kappa shape index (κ1) is 13.7. The Labute approximate surface area is 86.8 Å². The van der Waals surface area contributed by atoms with Crippen LogP contribution in [-0.4, -0.2) is 27.3 Å². The number of rotatable bonds is 1. The zero-order valence-corrected chi connectivity index (χ0v) is 8.85. The molecule has 11 heavy (non-hydrogen) atoms. The molecule has 1 atom stereocenters. The molecule has 0 amide bonds. The van der Waals surface area contributed by atoms with Crippen LogP contribution in [0.25, 0.3) is 0 Å². The normalized spacial score (nSPS) is 10.6. The molecule has 1 aromatic rings. The van der Waals surface area contributed by atoms with Crippen molar-refractivity contribution in [2.45, 2.75) is 4.90 Å². The molecule has 1 nitrogen and oxygen atoms in total. The fourth-order valence-electron chi connectivity index (χ4n) is 0.572. The minimum Gasteiger partial charge on any atom is -0.358 e. The number of benzene rings is 1. The Morgan fingerprint density at radius 2 is 1.64 bits per heavy atom. The monoisotopic (exact) mass is 178 g/mol. The van der Waals surface area contributed by atoms with Crippen LogP contribution in [0.15, 0.2) is 35.2 Å². The van der Waals surface area contributed by atoms with E-state index in [1.165, 1.54) is 0 Å². The zero-order valence-electron chi connectivity index (χ0n) is 6.62. The van der Waals surface area contributed by atoms with Crippen molar-refractivity contribution >= 4 is 33.9 Å². The van der Waals surface area contributed by atoms with Gasteiger partial charge in [-0.3, -0.25) is 4.21 Å². The maximum absolute atomic E-state index is 10.6. The van der Waals surface area contributed by atoms with E-state index >= 15 is 0 Å². The Kier molecular flexibility index (Phi) is 8.50. The summed E-state index contributed by atoms with van der Waals surface area (Å²) in [6, 6.07) is 9.17. The van der Waals surface area contributed by atoms with Crippen LogP contribution in [0.4, 0.5) is 0 Å². The van der Waals surface area contributed by atoms with Crippen molar-refractivity contribution in [1.82, 2.24) is 0 Å². The van der Waals surface area contributed by atoms with E-state index in [0.29, 0.717) is 0 Å². The van der Waals surface area contributed by atoms with E-state index in [4.69, 9.17) is 0 Å². The Balaban J connectivity index is 0. The third-order valence-corrected chi connectivity index (χ3v) is 1.80. The molecule has 0 bridgehead atoms. The molecule has 0 N–H and O–H groups in total. The molecule has 0 saturated carbocycles. The molecule has 1 aromatic carbocycles. The van der Waals surface area contributed by atoms with Crippen molar-refractivity contribution in [2.75, 3.05) is 0 Å². The Bertz CT molecular complexity index is 211. The third kappa shape index (κ3) is 4.56. The van der Waals surface area contributed by atoms with E-state index in [-0.39, 0.29) is 30.5 Å². The van der Waals surface area contributed by atoms with Crippen molar-refractivity contribution in [3.8, 4) is 0 Å². The van der Waals surface area contributed by atoms with E-state index < -0.39 is 10.8 Å². The Hall–Kier alpha value is 0.136. The predicted octanol–water partition coefficient (Wildman–Crippen LogP) is 1.66. The molecule has 0 saturated heterocycles. The summed E-state index contributed by atoms with van der Waals surface area (Å²) >= 11 is 0. The van der Waals surface area contributed by atoms with Crippen molar-refractivity contribution < 1.29 is 4.21 Å². The molecule has 0 aliphatic heterocycles. The summed E-state index contributed by atoms with van der Waals surface area (Å²) in [6.07, 6.45) is 3.38. The summed E-state index contributed by atoms with van der Waals surface area (Å²) < 4.78 is 10.6. The van der Waals surface area contributed by atoms with Crippen LogP contribution in [0.2, 0.25) is 0 Å². The summed E-state index contributed by atoms with van der Waals surface area (Å²) in [5.41, 5.74) is 0. The molecular formula is C8H10MgOS. The molecule has 0 aromatic heterocycles. The molecule has 0 radical (unpaired) electrons. The maximum Gasteiger partial charge on any atom is 2.00 e. The van der Waals surface area contributed by atoms with Crippen LogP contribution in [-0.2, 0) is 10.8 Å². The average Bonchev–Trinajstić information content (AvgIpc) is 1.90. The summed E-state index contributed by atoms with van der Waals surface area (Å²) in [4.78, 5) is 0.775. The van der Waals surface area contributed by atoms with Gasteiger partial charge < -0.3 is 7.43 Å². The van der Waals surface area contributed by atoms with Gasteiger partial charge in [-0.25, -0.2) is 6.26 Å². The molecule has 0 aliphatic carbocycles. The first-order valence-electron chi connectivity index (χ1n) is 2.57. The zero-order chi connectivity index (χ0) is 6.69. The van der Waals surface area contributed by atoms with Crippen LogP contribution in [0.1, 0.15) is 0 Å². The van der Waals surface area contributed by atoms with Crippen LogP contribution in [0, 0.1) is 13.7 Å². The molecular weight excluding hydrogens is 168 g/mol. The second kappa shape index (κ2) is 6.82. The molecule has 3 heteroatoms. The Morgan fingerprint density at radius 3 is 1.91 bits per heavy atom. The van der Waals surface area contributed by atoms with Crippen LogP contribution < -0.4 is 0 Å². The predicted molar refractivity (Wildman–Crippen MR) is 50.4 cm³/mol. The van der Waals surface area contributed by atoms with Gasteiger partial charge in [0.15, 0.2) is 0 Å². The molecule has 1 unspecified atom stereocenters. The van der Waals surface area contributed by atoms with E-state index in [1.54, 1.807) is 12.1 Å². The van der Waals surface area contributed by atoms with Gasteiger partial charge in [0, 0.05) is 4.90 Å². The summed E-state index contributed by atoms with van der Waals surface area (Å²) in [7, 11) is -1.08.